The van der Waals surface area contributed by atoms with Gasteiger partial charge in [-0.25, -0.2) is 4.98 Å². The lowest BCUT2D eigenvalue weighted by Gasteiger charge is -2.16. The van der Waals surface area contributed by atoms with Crippen LogP contribution in [0.25, 0.3) is 22.2 Å². The van der Waals surface area contributed by atoms with Crippen LogP contribution in [-0.2, 0) is 6.54 Å². The highest BCUT2D eigenvalue weighted by molar-refractivity contribution is 6.41. The van der Waals surface area contributed by atoms with Crippen LogP contribution in [0.15, 0.2) is 48.9 Å². The van der Waals surface area contributed by atoms with Gasteiger partial charge in [0.25, 0.3) is 5.91 Å². The molecule has 0 bridgehead atoms. The number of nitrogens with zero attached hydrogens (tertiary/aromatic N) is 4. The molecule has 9 nitrogen and oxygen atoms in total. The number of anilines is 1. The monoisotopic (exact) mass is 553 g/mol. The summed E-state index contributed by atoms with van der Waals surface area (Å²) < 4.78 is 10.8. The summed E-state index contributed by atoms with van der Waals surface area (Å²) in [6.45, 7) is 2.20. The number of ether oxygens (including phenoxy) is 2. The van der Waals surface area contributed by atoms with Crippen molar-refractivity contribution in [3.05, 3.63) is 70.1 Å². The van der Waals surface area contributed by atoms with Crippen LogP contribution in [0.1, 0.15) is 22.3 Å². The third-order valence-electron chi connectivity index (χ3n) is 6.43. The van der Waals surface area contributed by atoms with Crippen molar-refractivity contribution < 1.29 is 19.4 Å². The number of methoxy groups -OCH3 is 2. The minimum Gasteiger partial charge on any atom is -0.495 e. The first-order valence-electron chi connectivity index (χ1n) is 11.9. The number of β-amino-alcohol motifs (C(OH)–C–C–N with tert-alkyl or cyclic N) is 1. The molecular formula is C27H25Cl2N5O4. The fraction of sp³-hybridized carbons (Fsp3) is 0.259. The number of hydrogen-bond acceptors (Lipinski definition) is 8. The van der Waals surface area contributed by atoms with Crippen molar-refractivity contribution in [2.75, 3.05) is 32.6 Å². The van der Waals surface area contributed by atoms with Crippen LogP contribution in [0.3, 0.4) is 0 Å². The van der Waals surface area contributed by atoms with Crippen molar-refractivity contribution in [3.63, 3.8) is 0 Å². The zero-order valence-corrected chi connectivity index (χ0v) is 22.3. The van der Waals surface area contributed by atoms with E-state index in [4.69, 9.17) is 32.7 Å². The first kappa shape index (κ1) is 26.1. The molecule has 5 rings (SSSR count). The number of aromatic nitrogens is 3. The maximum Gasteiger partial charge on any atom is 0.259 e. The summed E-state index contributed by atoms with van der Waals surface area (Å²) in [4.78, 5) is 28.7. The molecule has 1 amide bonds. The summed E-state index contributed by atoms with van der Waals surface area (Å²) in [5.41, 5.74) is 3.17. The Morgan fingerprint density at radius 3 is 2.37 bits per heavy atom. The molecule has 1 fully saturated rings. The lowest BCUT2D eigenvalue weighted by Crippen LogP contribution is -2.21. The minimum absolute atomic E-state index is 0.274. The van der Waals surface area contributed by atoms with E-state index in [-0.39, 0.29) is 22.1 Å². The van der Waals surface area contributed by atoms with E-state index in [1.54, 1.807) is 30.5 Å². The van der Waals surface area contributed by atoms with Crippen molar-refractivity contribution in [1.29, 1.82) is 0 Å². The van der Waals surface area contributed by atoms with Crippen molar-refractivity contribution in [2.24, 2.45) is 0 Å². The Morgan fingerprint density at radius 2 is 1.76 bits per heavy atom. The van der Waals surface area contributed by atoms with Crippen LogP contribution in [0, 0.1) is 0 Å². The van der Waals surface area contributed by atoms with Gasteiger partial charge in [0.15, 0.2) is 0 Å². The van der Waals surface area contributed by atoms with Gasteiger partial charge in [0, 0.05) is 55.4 Å². The molecule has 1 aliphatic rings. The predicted molar refractivity (Wildman–Crippen MR) is 146 cm³/mol. The molecule has 0 unspecified atom stereocenters. The Hall–Kier alpha value is -3.50. The smallest absolute Gasteiger partial charge is 0.259 e. The third kappa shape index (κ3) is 5.10. The number of carbonyl (C=O) groups is 1. The van der Waals surface area contributed by atoms with E-state index < -0.39 is 0 Å². The van der Waals surface area contributed by atoms with Crippen molar-refractivity contribution in [1.82, 2.24) is 19.9 Å². The Kier molecular flexibility index (Phi) is 7.62. The molecular weight excluding hydrogens is 529 g/mol. The number of aliphatic hydroxyl groups is 1. The van der Waals surface area contributed by atoms with E-state index >= 15 is 0 Å². The number of nitrogens with one attached hydrogen (secondary N) is 1. The van der Waals surface area contributed by atoms with Crippen LogP contribution >= 0.6 is 23.2 Å². The number of benzene rings is 2. The summed E-state index contributed by atoms with van der Waals surface area (Å²) in [6, 6.07) is 8.64. The van der Waals surface area contributed by atoms with Crippen molar-refractivity contribution in [2.45, 2.75) is 19.1 Å². The summed E-state index contributed by atoms with van der Waals surface area (Å²) >= 11 is 13.3. The van der Waals surface area contributed by atoms with Gasteiger partial charge in [-0.1, -0.05) is 35.3 Å². The Bertz CT molecular complexity index is 1470. The van der Waals surface area contributed by atoms with E-state index in [0.717, 1.165) is 18.5 Å². The number of rotatable bonds is 7. The lowest BCUT2D eigenvalue weighted by atomic mass is 9.99. The van der Waals surface area contributed by atoms with Crippen LogP contribution in [0.5, 0.6) is 11.5 Å². The summed E-state index contributed by atoms with van der Waals surface area (Å²) in [5, 5.41) is 13.1. The Balaban J connectivity index is 1.45. The maximum absolute atomic E-state index is 13.3. The van der Waals surface area contributed by atoms with E-state index in [9.17, 15) is 9.90 Å². The number of amides is 1. The van der Waals surface area contributed by atoms with E-state index in [1.165, 1.54) is 26.6 Å². The largest absolute Gasteiger partial charge is 0.495 e. The summed E-state index contributed by atoms with van der Waals surface area (Å²) in [7, 11) is 3.00. The second-order valence-electron chi connectivity index (χ2n) is 8.88. The maximum atomic E-state index is 13.3. The average Bonchev–Trinajstić information content (AvgIpc) is 3.34. The molecule has 38 heavy (non-hydrogen) atoms. The highest BCUT2D eigenvalue weighted by Crippen LogP contribution is 2.47. The van der Waals surface area contributed by atoms with E-state index in [0.29, 0.717) is 58.1 Å². The highest BCUT2D eigenvalue weighted by atomic mass is 35.5. The molecule has 2 aromatic carbocycles. The number of halogens is 2. The number of pyridine rings is 1. The minimum atomic E-state index is -0.384. The summed E-state index contributed by atoms with van der Waals surface area (Å²) in [6.07, 6.45) is 5.28. The van der Waals surface area contributed by atoms with Crippen LogP contribution in [-0.4, -0.2) is 64.3 Å². The number of aliphatic hydroxyl groups excluding tert-OH is 1. The van der Waals surface area contributed by atoms with Crippen LogP contribution in [0.4, 0.5) is 5.82 Å². The second-order valence-corrected chi connectivity index (χ2v) is 9.64. The van der Waals surface area contributed by atoms with E-state index in [2.05, 4.69) is 25.2 Å². The van der Waals surface area contributed by atoms with Gasteiger partial charge in [-0.2, -0.15) is 0 Å². The topological polar surface area (TPSA) is 110 Å². The highest BCUT2D eigenvalue weighted by Gasteiger charge is 2.24. The molecule has 0 radical (unpaired) electrons. The fourth-order valence-electron chi connectivity index (χ4n) is 4.55. The van der Waals surface area contributed by atoms with Gasteiger partial charge in [-0.15, -0.1) is 0 Å². The summed E-state index contributed by atoms with van der Waals surface area (Å²) in [5.74, 6) is 0.796. The van der Waals surface area contributed by atoms with Gasteiger partial charge >= 0.3 is 0 Å². The zero-order valence-electron chi connectivity index (χ0n) is 20.7. The fourth-order valence-corrected chi connectivity index (χ4v) is 5.26. The molecule has 2 aromatic heterocycles. The quantitative estimate of drug-likeness (QED) is 0.334. The molecule has 3 heterocycles. The van der Waals surface area contributed by atoms with Crippen LogP contribution in [0.2, 0.25) is 10.0 Å². The molecule has 0 saturated carbocycles. The first-order valence-corrected chi connectivity index (χ1v) is 12.7. The number of carbonyl (C=O) groups excluding carboxylic acids is 1. The molecule has 11 heteroatoms. The average molecular weight is 554 g/mol. The van der Waals surface area contributed by atoms with Crippen LogP contribution < -0.4 is 14.8 Å². The molecule has 196 valence electrons. The SMILES string of the molecule is COc1cc(OC)c(Cl)c(-c2ccc(C(=O)Nc3ccc(CN4CC[C@@H](O)C4)cn3)c3nccnc23)c1Cl. The third-order valence-corrected chi connectivity index (χ3v) is 7.18. The van der Waals surface area contributed by atoms with Crippen molar-refractivity contribution in [3.8, 4) is 22.6 Å². The van der Waals surface area contributed by atoms with Gasteiger partial charge in [0.1, 0.15) is 22.8 Å². The Labute approximate surface area is 229 Å². The lowest BCUT2D eigenvalue weighted by molar-refractivity contribution is 0.102. The van der Waals surface area contributed by atoms with Crippen molar-refractivity contribution >= 4 is 46.0 Å². The number of fused-ring (bicyclic) bond motifs is 1. The molecule has 0 spiro atoms. The normalized spacial score (nSPS) is 15.6. The molecule has 2 N–H and O–H groups in total. The molecule has 4 aromatic rings. The van der Waals surface area contributed by atoms with Gasteiger partial charge in [-0.3, -0.25) is 19.7 Å². The van der Waals surface area contributed by atoms with Gasteiger partial charge in [0.2, 0.25) is 0 Å². The van der Waals surface area contributed by atoms with Gasteiger partial charge < -0.3 is 19.9 Å². The Morgan fingerprint density at radius 1 is 1.05 bits per heavy atom. The second kappa shape index (κ2) is 11.1. The predicted octanol–water partition coefficient (Wildman–Crippen LogP) is 4.83. The molecule has 1 aliphatic heterocycles. The zero-order chi connectivity index (χ0) is 26.8. The van der Waals surface area contributed by atoms with E-state index in [1.807, 2.05) is 6.07 Å². The first-order chi connectivity index (χ1) is 18.4. The van der Waals surface area contributed by atoms with Gasteiger partial charge in [-0.05, 0) is 24.1 Å². The van der Waals surface area contributed by atoms with Gasteiger partial charge in [0.05, 0.1) is 41.4 Å². The molecule has 0 aliphatic carbocycles. The molecule has 1 atom stereocenters. The molecule has 1 saturated heterocycles. The standard InChI is InChI=1S/C27H25Cl2N5O4/c1-37-19-11-20(38-2)24(29)22(23(19)28)17-4-5-18(26-25(17)30-8-9-31-26)27(36)33-21-6-3-15(12-32-21)13-34-10-7-16(35)14-34/h3-6,8-9,11-12,16,35H,7,10,13-14H2,1-2H3,(H,32,33,36)/t16-/m1/s1. The number of hydrogen-bond donors (Lipinski definition) is 2. The number of likely N-dealkylation sites (tertiary alicyclic amines) is 1.